The van der Waals surface area contributed by atoms with E-state index in [9.17, 15) is 94.2 Å². The van der Waals surface area contributed by atoms with Crippen molar-refractivity contribution >= 4 is 76.6 Å². The summed E-state index contributed by atoms with van der Waals surface area (Å²) >= 11 is 0. The van der Waals surface area contributed by atoms with Crippen molar-refractivity contribution in [2.45, 2.75) is 191 Å². The third kappa shape index (κ3) is 25.2. The number of aliphatic carboxylic acids is 1. The number of anilines is 3. The Labute approximate surface area is 768 Å². The number of carbonyl (C=O) groups is 9. The zero-order valence-corrected chi connectivity index (χ0v) is 74.4. The van der Waals surface area contributed by atoms with Crippen LogP contribution < -0.4 is 49.4 Å². The van der Waals surface area contributed by atoms with Crippen molar-refractivity contribution in [3.8, 4) is 40.2 Å². The van der Waals surface area contributed by atoms with Crippen LogP contribution in [0.3, 0.4) is 0 Å². The number of aromatic hydroxyl groups is 1. The van der Waals surface area contributed by atoms with Gasteiger partial charge in [0.2, 0.25) is 6.29 Å². The number of aryl methyl sites for hydroxylation is 1. The number of nitrogens with two attached hydrogens (primary N) is 1. The van der Waals surface area contributed by atoms with Gasteiger partial charge in [-0.1, -0.05) is 62.4 Å². The van der Waals surface area contributed by atoms with Crippen molar-refractivity contribution in [1.29, 1.82) is 0 Å². The Morgan fingerprint density at radius 2 is 1.17 bits per heavy atom. The largest absolute Gasteiger partial charge is 0.504 e. The molecule has 5 amide bonds. The van der Waals surface area contributed by atoms with Gasteiger partial charge in [-0.05, 0) is 118 Å². The number of phenolic OH excluding ortho intramolecular Hbond substituents is 1. The van der Waals surface area contributed by atoms with Crippen molar-refractivity contribution in [1.82, 2.24) is 19.6 Å². The number of carboxylic acids is 1. The number of phenols is 1. The third-order valence-corrected chi connectivity index (χ3v) is 22.5. The number of benzene rings is 5. The van der Waals surface area contributed by atoms with Crippen molar-refractivity contribution in [3.63, 3.8) is 0 Å². The number of hydrogen-bond acceptors (Lipinski definition) is 36. The van der Waals surface area contributed by atoms with Gasteiger partial charge in [0.1, 0.15) is 92.6 Å². The smallest absolute Gasteiger partial charge is 0.416 e. The zero-order chi connectivity index (χ0) is 97.5. The van der Waals surface area contributed by atoms with Crippen molar-refractivity contribution in [2.24, 2.45) is 5.90 Å². The van der Waals surface area contributed by atoms with Crippen LogP contribution in [0.5, 0.6) is 40.2 Å². The molecule has 13 atom stereocenters. The van der Waals surface area contributed by atoms with E-state index in [1.807, 2.05) is 6.92 Å². The van der Waals surface area contributed by atoms with E-state index < -0.39 is 135 Å². The highest BCUT2D eigenvalue weighted by molar-refractivity contribution is 6.08. The fourth-order valence-electron chi connectivity index (χ4n) is 15.6. The van der Waals surface area contributed by atoms with Crippen LogP contribution in [0.2, 0.25) is 0 Å². The minimum Gasteiger partial charge on any atom is -0.504 e. The Bertz CT molecular complexity index is 5290. The Morgan fingerprint density at radius 3 is 1.73 bits per heavy atom. The summed E-state index contributed by atoms with van der Waals surface area (Å²) in [5.74, 6) is 1.34. The number of aromatic nitrogens is 2. The summed E-state index contributed by atoms with van der Waals surface area (Å²) < 4.78 is 75.8. The number of carboxylic acid groups (broad SMARTS) is 1. The second kappa shape index (κ2) is 48.2. The number of nitrogens with one attached hydrogen (secondary N) is 1. The summed E-state index contributed by atoms with van der Waals surface area (Å²) in [7, 11) is 4.21. The number of ether oxygens (including phenoxy) is 13. The molecular formula is C91H110N8O35. The third-order valence-electron chi connectivity index (χ3n) is 22.5. The molecule has 0 spiro atoms. The minimum absolute atomic E-state index is 0.00731. The number of methoxy groups -OCH3 is 3. The SMILES string of the molecule is C=C1C[C@H]2C(O)N(C(=O)OCc3ccc(O[C@@H]4O[C@H](C(=O)O)[C@@H](O)[C@H](O)[C@H]4O)c(C(=O)CCCC)c3)c3cc(OCc4cc(COc5cc6c(cc5OC)C(=O)N5CC(=C)C[C@H]5C(O)N6C(=O)OCc5ccc(O[C@@H]6CC[C@@H](O)[C@H](O)[C@H]6O)c(C(=O)CCCOC)c5)nn4CCOCCOCCON)c(C)cc3C(=O)N2C1.C=CCOC(=O)Nc1cc(O)c(OC)cc1C(C)=O.O=C=O. The second-order valence-electron chi connectivity index (χ2n) is 31.8. The van der Waals surface area contributed by atoms with Gasteiger partial charge in [0.15, 0.2) is 58.9 Å². The molecule has 1 aromatic heterocycles. The summed E-state index contributed by atoms with van der Waals surface area (Å²) in [4.78, 5) is 147. The monoisotopic (exact) mass is 1870 g/mol. The van der Waals surface area contributed by atoms with Crippen molar-refractivity contribution < 1.29 is 170 Å². The summed E-state index contributed by atoms with van der Waals surface area (Å²) in [6, 6.07) is 16.5. The maximum Gasteiger partial charge on any atom is 0.416 e. The second-order valence-corrected chi connectivity index (χ2v) is 31.8. The van der Waals surface area contributed by atoms with Gasteiger partial charge in [0.05, 0.1) is 117 Å². The maximum absolute atomic E-state index is 14.8. The van der Waals surface area contributed by atoms with Crippen LogP contribution in [0.15, 0.2) is 116 Å². The summed E-state index contributed by atoms with van der Waals surface area (Å²) in [6.07, 6.45) is -17.6. The number of unbranched alkanes of at least 4 members (excludes halogenated alkanes) is 1. The number of nitrogens with zero attached hydrogens (tertiary/aromatic N) is 6. The summed E-state index contributed by atoms with van der Waals surface area (Å²) in [5.41, 5.74) is 3.06. The van der Waals surface area contributed by atoms with E-state index in [1.54, 1.807) is 17.7 Å². The fraction of sp³-hybridized carbons (Fsp3) is 0.462. The lowest BCUT2D eigenvalue weighted by Crippen LogP contribution is -2.61. The molecule has 0 radical (unpaired) electrons. The van der Waals surface area contributed by atoms with Gasteiger partial charge < -0.3 is 127 Å². The summed E-state index contributed by atoms with van der Waals surface area (Å²) in [5, 5.41) is 114. The van der Waals surface area contributed by atoms with Gasteiger partial charge in [-0.2, -0.15) is 14.7 Å². The number of carbonyl (C=O) groups excluding carboxylic acids is 10. The van der Waals surface area contributed by atoms with E-state index in [1.165, 1.54) is 117 Å². The molecule has 43 heteroatoms. The van der Waals surface area contributed by atoms with E-state index in [2.05, 4.69) is 29.9 Å². The van der Waals surface area contributed by atoms with E-state index in [0.29, 0.717) is 52.9 Å². The van der Waals surface area contributed by atoms with E-state index >= 15 is 0 Å². The van der Waals surface area contributed by atoms with E-state index in [4.69, 9.17) is 82.2 Å². The molecule has 6 aromatic rings. The molecule has 724 valence electrons. The van der Waals surface area contributed by atoms with Gasteiger partial charge in [-0.3, -0.25) is 34.0 Å². The van der Waals surface area contributed by atoms with Crippen molar-refractivity contribution in [3.05, 3.63) is 172 Å². The quantitative estimate of drug-likeness (QED) is 0.00755. The van der Waals surface area contributed by atoms with Gasteiger partial charge in [-0.25, -0.2) is 34.9 Å². The Kier molecular flexibility index (Phi) is 37.2. The Balaban J connectivity index is 0.000000744. The van der Waals surface area contributed by atoms with Crippen LogP contribution in [0.1, 0.15) is 152 Å². The number of hydrogen-bond donors (Lipinski definition) is 12. The molecule has 2 unspecified atom stereocenters. The van der Waals surface area contributed by atoms with Gasteiger partial charge in [-0.15, -0.1) is 0 Å². The number of aliphatic hydroxyl groups is 8. The molecule has 43 nitrogen and oxygen atoms in total. The highest BCUT2D eigenvalue weighted by atomic mass is 16.7. The van der Waals surface area contributed by atoms with E-state index in [-0.39, 0.29) is 226 Å². The average Bonchev–Trinajstić information content (AvgIpc) is 1.60. The first kappa shape index (κ1) is 103. The first-order chi connectivity index (χ1) is 64.1. The molecule has 5 aliphatic heterocycles. The normalized spacial score (nSPS) is 21.6. The van der Waals surface area contributed by atoms with Crippen LogP contribution >= 0.6 is 0 Å². The molecule has 0 bridgehead atoms. The maximum atomic E-state index is 14.8. The highest BCUT2D eigenvalue weighted by Crippen LogP contribution is 2.45. The van der Waals surface area contributed by atoms with Crippen LogP contribution in [-0.4, -0.2) is 291 Å². The number of fused-ring (bicyclic) bond motifs is 4. The molecule has 13 N–H and O–H groups in total. The van der Waals surface area contributed by atoms with Crippen LogP contribution in [0.25, 0.3) is 0 Å². The molecule has 6 heterocycles. The first-order valence-electron chi connectivity index (χ1n) is 42.6. The Hall–Kier alpha value is -12.8. The lowest BCUT2D eigenvalue weighted by atomic mass is 9.89. The average molecular weight is 1880 g/mol. The van der Waals surface area contributed by atoms with E-state index in [0.717, 1.165) is 9.80 Å². The van der Waals surface area contributed by atoms with Crippen LogP contribution in [-0.2, 0) is 85.4 Å². The molecule has 12 rings (SSSR count). The number of amides is 5. The molecule has 134 heavy (non-hydrogen) atoms. The van der Waals surface area contributed by atoms with Gasteiger partial charge >= 0.3 is 30.4 Å². The molecule has 1 aliphatic carbocycles. The predicted molar refractivity (Wildman–Crippen MR) is 465 cm³/mol. The topological polar surface area (TPSA) is 588 Å². The molecule has 3 saturated heterocycles. The predicted octanol–water partition coefficient (Wildman–Crippen LogP) is 5.40. The zero-order valence-electron chi connectivity index (χ0n) is 74.4. The standard InChI is InChI=1S/C77H95N7O28.C13H15NO5.CO2/c1-7-8-10-55(85)50-29-44(13-16-59(50)111-75-68(92)66(90)67(91)69(112-75)74(97)98)37-107-76(99)83-51-32-61(42(4)27-47(51)70(93)80-34-40(2)25-53(80)72(83)95)106-39-46-30-45(79-82(46)18-20-103-21-22-104-23-24-109-78)38-105-63-33-52-48(31-62(63)102-6)71(94)81-35-41(3)26-54(81)73(96)84(52)77(100)108-36-43-12-15-58(49(28-43)56(86)11-9-19-101-5)110-60-17-14-57(87)64(88)65(60)89;1-4-5-19-13(17)14-10-7-11(16)12(18-3)6-9(10)8(2)15;2-1-3/h12-13,15-16,27-33,53-54,57,60,64-69,72-73,75,87-92,95-96H,2-3,7-11,14,17-26,34-39,78H2,1,4-6H3,(H,97,98);4,6-7,16H,1,5H2,2-3H3,(H,14,17);/t53-,54-,57+,60+,64-,65-,66-,67-,68+,69-,72?,73?,75+;;/m0../s1. The first-order valence-corrected chi connectivity index (χ1v) is 42.6. The number of rotatable bonds is 39. The van der Waals surface area contributed by atoms with Gasteiger partial charge in [0.25, 0.3) is 11.8 Å². The number of Topliss-reactive ketones (excluding diaryl/α,β-unsaturated/α-hetero) is 3. The Morgan fingerprint density at radius 1 is 0.612 bits per heavy atom. The summed E-state index contributed by atoms with van der Waals surface area (Å²) in [6.45, 7) is 16.4. The highest BCUT2D eigenvalue weighted by Gasteiger charge is 2.51. The molecule has 1 saturated carbocycles. The minimum atomic E-state index is -2.01. The molecular weight excluding hydrogens is 1770 g/mol. The fourth-order valence-corrected chi connectivity index (χ4v) is 15.6. The molecule has 4 fully saturated rings. The van der Waals surface area contributed by atoms with Crippen LogP contribution in [0, 0.1) is 6.92 Å². The molecule has 5 aromatic carbocycles. The van der Waals surface area contributed by atoms with Crippen LogP contribution in [0.4, 0.5) is 31.4 Å². The van der Waals surface area contributed by atoms with Gasteiger partial charge in [0, 0.05) is 63.4 Å². The molecule has 6 aliphatic rings. The number of aliphatic hydroxyl groups excluding tert-OH is 8. The lowest BCUT2D eigenvalue weighted by molar-refractivity contribution is -0.271. The number of ketones is 3. The lowest BCUT2D eigenvalue weighted by Gasteiger charge is -2.38. The van der Waals surface area contributed by atoms with Crippen molar-refractivity contribution in [2.75, 3.05) is 95.8 Å².